The SMILES string of the molecule is Cc1nn(Cc2ccc(/C=C/C(=O)c3nn(C)cc3[N+](=O)[O-])o2)c(C)c1[N+](=O)[O-]. The number of rotatable bonds is 7. The molecule has 0 saturated carbocycles. The van der Waals surface area contributed by atoms with Crippen molar-refractivity contribution >= 4 is 23.2 Å². The maximum Gasteiger partial charge on any atom is 0.318 e. The van der Waals surface area contributed by atoms with Crippen LogP contribution in [-0.2, 0) is 13.6 Å². The van der Waals surface area contributed by atoms with Gasteiger partial charge in [0.25, 0.3) is 0 Å². The van der Waals surface area contributed by atoms with E-state index in [0.717, 1.165) is 12.3 Å². The third-order valence-corrected chi connectivity index (χ3v) is 4.15. The van der Waals surface area contributed by atoms with Gasteiger partial charge in [-0.15, -0.1) is 0 Å². The molecule has 0 bridgehead atoms. The van der Waals surface area contributed by atoms with E-state index in [4.69, 9.17) is 4.42 Å². The Morgan fingerprint density at radius 3 is 2.55 bits per heavy atom. The number of ketones is 1. The summed E-state index contributed by atoms with van der Waals surface area (Å²) in [4.78, 5) is 33.1. The van der Waals surface area contributed by atoms with Crippen molar-refractivity contribution in [1.82, 2.24) is 19.6 Å². The first-order valence-electron chi connectivity index (χ1n) is 8.35. The fourth-order valence-electron chi connectivity index (χ4n) is 2.84. The summed E-state index contributed by atoms with van der Waals surface area (Å²) in [7, 11) is 1.48. The second-order valence-electron chi connectivity index (χ2n) is 6.23. The van der Waals surface area contributed by atoms with Crippen molar-refractivity contribution in [2.45, 2.75) is 20.4 Å². The molecule has 3 heterocycles. The molecule has 0 unspecified atom stereocenters. The van der Waals surface area contributed by atoms with Gasteiger partial charge in [-0.2, -0.15) is 10.2 Å². The monoisotopic (exact) mass is 400 g/mol. The van der Waals surface area contributed by atoms with Crippen molar-refractivity contribution in [1.29, 1.82) is 0 Å². The highest BCUT2D eigenvalue weighted by molar-refractivity contribution is 6.07. The molecule has 0 aliphatic heterocycles. The molecule has 0 aliphatic rings. The van der Waals surface area contributed by atoms with E-state index in [2.05, 4.69) is 10.2 Å². The van der Waals surface area contributed by atoms with Crippen LogP contribution in [0.15, 0.2) is 28.8 Å². The van der Waals surface area contributed by atoms with Gasteiger partial charge in [0.2, 0.25) is 11.5 Å². The number of hydrogen-bond acceptors (Lipinski definition) is 8. The Morgan fingerprint density at radius 2 is 1.93 bits per heavy atom. The Hall–Kier alpha value is -4.09. The van der Waals surface area contributed by atoms with E-state index < -0.39 is 15.6 Å². The molecule has 3 aromatic heterocycles. The first kappa shape index (κ1) is 19.7. The summed E-state index contributed by atoms with van der Waals surface area (Å²) in [5, 5.41) is 30.0. The lowest BCUT2D eigenvalue weighted by Crippen LogP contribution is -2.03. The van der Waals surface area contributed by atoms with Gasteiger partial charge in [-0.3, -0.25) is 34.4 Å². The molecule has 29 heavy (non-hydrogen) atoms. The van der Waals surface area contributed by atoms with Crippen LogP contribution in [-0.4, -0.2) is 35.2 Å². The van der Waals surface area contributed by atoms with Gasteiger partial charge in [0, 0.05) is 7.05 Å². The van der Waals surface area contributed by atoms with E-state index >= 15 is 0 Å². The van der Waals surface area contributed by atoms with Crippen molar-refractivity contribution in [3.63, 3.8) is 0 Å². The van der Waals surface area contributed by atoms with Crippen molar-refractivity contribution in [2.24, 2.45) is 7.05 Å². The minimum absolute atomic E-state index is 0.0424. The Kier molecular flexibility index (Phi) is 5.08. The molecular formula is C17H16N6O6. The van der Waals surface area contributed by atoms with Gasteiger partial charge in [-0.25, -0.2) is 0 Å². The second-order valence-corrected chi connectivity index (χ2v) is 6.23. The summed E-state index contributed by atoms with van der Waals surface area (Å²) in [6, 6.07) is 3.25. The molecule has 0 radical (unpaired) electrons. The normalized spacial score (nSPS) is 11.3. The first-order chi connectivity index (χ1) is 13.7. The van der Waals surface area contributed by atoms with E-state index in [1.165, 1.54) is 22.5 Å². The third-order valence-electron chi connectivity index (χ3n) is 4.15. The van der Waals surface area contributed by atoms with Gasteiger partial charge in [0.1, 0.15) is 29.1 Å². The van der Waals surface area contributed by atoms with Gasteiger partial charge in [-0.05, 0) is 38.1 Å². The number of allylic oxidation sites excluding steroid dienone is 1. The molecule has 0 aromatic carbocycles. The zero-order valence-electron chi connectivity index (χ0n) is 15.7. The van der Waals surface area contributed by atoms with Crippen LogP contribution in [0.2, 0.25) is 0 Å². The van der Waals surface area contributed by atoms with Gasteiger partial charge in [0.15, 0.2) is 0 Å². The highest BCUT2D eigenvalue weighted by Gasteiger charge is 2.24. The van der Waals surface area contributed by atoms with Gasteiger partial charge in [0.05, 0.1) is 16.4 Å². The predicted molar refractivity (Wildman–Crippen MR) is 99.4 cm³/mol. The number of carbonyl (C=O) groups excluding carboxylic acids is 1. The fourth-order valence-corrected chi connectivity index (χ4v) is 2.84. The van der Waals surface area contributed by atoms with E-state index in [1.54, 1.807) is 26.0 Å². The molecule has 3 aromatic rings. The largest absolute Gasteiger partial charge is 0.460 e. The summed E-state index contributed by atoms with van der Waals surface area (Å²) in [6.07, 6.45) is 3.65. The predicted octanol–water partition coefficient (Wildman–Crippen LogP) is 2.59. The van der Waals surface area contributed by atoms with E-state index in [9.17, 15) is 25.0 Å². The molecule has 0 amide bonds. The van der Waals surface area contributed by atoms with Crippen LogP contribution in [0.5, 0.6) is 0 Å². The Bertz CT molecular complexity index is 1150. The third kappa shape index (κ3) is 3.95. The van der Waals surface area contributed by atoms with E-state index in [1.807, 2.05) is 0 Å². The molecule has 0 N–H and O–H groups in total. The molecule has 150 valence electrons. The van der Waals surface area contributed by atoms with Crippen LogP contribution in [0.25, 0.3) is 6.08 Å². The van der Waals surface area contributed by atoms with Gasteiger partial charge < -0.3 is 4.42 Å². The van der Waals surface area contributed by atoms with Crippen LogP contribution in [0.1, 0.15) is 33.4 Å². The molecule has 12 heteroatoms. The fraction of sp³-hybridized carbons (Fsp3) is 0.235. The number of nitro groups is 2. The van der Waals surface area contributed by atoms with Crippen LogP contribution in [0.3, 0.4) is 0 Å². The Balaban J connectivity index is 1.76. The molecule has 0 atom stereocenters. The summed E-state index contributed by atoms with van der Waals surface area (Å²) in [6.45, 7) is 3.33. The number of hydrogen-bond donors (Lipinski definition) is 0. The smallest absolute Gasteiger partial charge is 0.318 e. The minimum atomic E-state index is -0.674. The number of nitrogens with zero attached hydrogens (tertiary/aromatic N) is 6. The second kappa shape index (κ2) is 7.50. The van der Waals surface area contributed by atoms with Crippen molar-refractivity contribution in [2.75, 3.05) is 0 Å². The maximum absolute atomic E-state index is 12.2. The number of aromatic nitrogens is 4. The van der Waals surface area contributed by atoms with Crippen molar-refractivity contribution in [3.8, 4) is 0 Å². The summed E-state index contributed by atoms with van der Waals surface area (Å²) < 4.78 is 8.24. The van der Waals surface area contributed by atoms with Crippen molar-refractivity contribution < 1.29 is 19.1 Å². The van der Waals surface area contributed by atoms with Crippen LogP contribution >= 0.6 is 0 Å². The lowest BCUT2D eigenvalue weighted by Gasteiger charge is -2.00. The van der Waals surface area contributed by atoms with Gasteiger partial charge in [-0.1, -0.05) is 0 Å². The average molecular weight is 400 g/mol. The lowest BCUT2D eigenvalue weighted by molar-refractivity contribution is -0.386. The minimum Gasteiger partial charge on any atom is -0.460 e. The van der Waals surface area contributed by atoms with Crippen molar-refractivity contribution in [3.05, 3.63) is 73.2 Å². The Morgan fingerprint density at radius 1 is 1.21 bits per heavy atom. The molecule has 0 fully saturated rings. The molecular weight excluding hydrogens is 384 g/mol. The standard InChI is InChI=1S/C17H16N6O6/c1-10-17(23(27)28)11(2)21(18-10)8-13-5-4-12(29-13)6-7-15(24)16-14(22(25)26)9-20(3)19-16/h4-7,9H,8H2,1-3H3/b7-6+. The summed E-state index contributed by atoms with van der Waals surface area (Å²) >= 11 is 0. The zero-order valence-corrected chi connectivity index (χ0v) is 15.7. The molecule has 0 spiro atoms. The molecule has 0 aliphatic carbocycles. The highest BCUT2D eigenvalue weighted by atomic mass is 16.6. The topological polar surface area (TPSA) is 152 Å². The lowest BCUT2D eigenvalue weighted by atomic mass is 10.2. The number of aryl methyl sites for hydroxylation is 2. The average Bonchev–Trinajstić information content (AvgIpc) is 3.31. The number of carbonyl (C=O) groups is 1. The first-order valence-corrected chi connectivity index (χ1v) is 8.35. The van der Waals surface area contributed by atoms with E-state index in [0.29, 0.717) is 22.9 Å². The van der Waals surface area contributed by atoms with Gasteiger partial charge >= 0.3 is 11.4 Å². The van der Waals surface area contributed by atoms with Crippen LogP contribution in [0, 0.1) is 34.1 Å². The number of furan rings is 1. The quantitative estimate of drug-likeness (QED) is 0.254. The highest BCUT2D eigenvalue weighted by Crippen LogP contribution is 2.23. The zero-order chi connectivity index (χ0) is 21.3. The summed E-state index contributed by atoms with van der Waals surface area (Å²) in [5.41, 5.74) is 0.0171. The maximum atomic E-state index is 12.2. The molecule has 0 saturated heterocycles. The summed E-state index contributed by atoms with van der Waals surface area (Å²) in [5.74, 6) is 0.175. The van der Waals surface area contributed by atoms with E-state index in [-0.39, 0.29) is 23.6 Å². The van der Waals surface area contributed by atoms with Crippen LogP contribution < -0.4 is 0 Å². The van der Waals surface area contributed by atoms with Crippen LogP contribution in [0.4, 0.5) is 11.4 Å². The Labute approximate surface area is 163 Å². The molecule has 12 nitrogen and oxygen atoms in total. The molecule has 3 rings (SSSR count).